The number of H-pyrrole nitrogens is 1. The average Bonchev–Trinajstić information content (AvgIpc) is 2.71. The fourth-order valence-corrected chi connectivity index (χ4v) is 1.01. The van der Waals surface area contributed by atoms with E-state index in [-0.39, 0.29) is 5.46 Å². The number of tetrazole rings is 1. The lowest BCUT2D eigenvalue weighted by molar-refractivity contribution is 0.425. The van der Waals surface area contributed by atoms with Crippen molar-refractivity contribution < 1.29 is 10.0 Å². The molecule has 0 unspecified atom stereocenters. The van der Waals surface area contributed by atoms with Crippen LogP contribution in [0.4, 0.5) is 0 Å². The SMILES string of the molecule is OB(O)c1cncc(-c2nn[nH]n2)c1. The highest BCUT2D eigenvalue weighted by atomic mass is 16.4. The third-order valence-electron chi connectivity index (χ3n) is 1.66. The van der Waals surface area contributed by atoms with Crippen molar-refractivity contribution in [3.63, 3.8) is 0 Å². The first-order chi connectivity index (χ1) is 6.77. The van der Waals surface area contributed by atoms with Gasteiger partial charge in [0.2, 0.25) is 5.82 Å². The van der Waals surface area contributed by atoms with E-state index in [9.17, 15) is 0 Å². The Morgan fingerprint density at radius 1 is 1.29 bits per heavy atom. The Kier molecular flexibility index (Phi) is 2.21. The highest BCUT2D eigenvalue weighted by Gasteiger charge is 2.13. The lowest BCUT2D eigenvalue weighted by Gasteiger charge is -1.99. The molecule has 2 rings (SSSR count). The zero-order chi connectivity index (χ0) is 9.97. The molecule has 70 valence electrons. The number of nitrogens with zero attached hydrogens (tertiary/aromatic N) is 4. The van der Waals surface area contributed by atoms with E-state index in [1.807, 2.05) is 0 Å². The van der Waals surface area contributed by atoms with Gasteiger partial charge in [-0.3, -0.25) is 4.98 Å². The van der Waals surface area contributed by atoms with Crippen LogP contribution in [-0.2, 0) is 0 Å². The van der Waals surface area contributed by atoms with Gasteiger partial charge in [0.15, 0.2) is 0 Å². The molecule has 3 N–H and O–H groups in total. The van der Waals surface area contributed by atoms with Crippen LogP contribution in [0.25, 0.3) is 11.4 Å². The fraction of sp³-hybridized carbons (Fsp3) is 0. The molecule has 0 fully saturated rings. The Balaban J connectivity index is 2.41. The largest absolute Gasteiger partial charge is 0.490 e. The number of pyridine rings is 1. The second-order valence-electron chi connectivity index (χ2n) is 2.62. The Morgan fingerprint density at radius 3 is 2.79 bits per heavy atom. The molecule has 0 aliphatic rings. The predicted molar refractivity (Wildman–Crippen MR) is 47.2 cm³/mol. The van der Waals surface area contributed by atoms with Crippen LogP contribution in [0.15, 0.2) is 18.5 Å². The summed E-state index contributed by atoms with van der Waals surface area (Å²) >= 11 is 0. The molecule has 0 aromatic carbocycles. The molecule has 14 heavy (non-hydrogen) atoms. The van der Waals surface area contributed by atoms with E-state index < -0.39 is 7.12 Å². The molecule has 2 heterocycles. The van der Waals surface area contributed by atoms with Crippen molar-refractivity contribution in [3.05, 3.63) is 18.5 Å². The lowest BCUT2D eigenvalue weighted by atomic mass is 9.81. The van der Waals surface area contributed by atoms with Gasteiger partial charge in [0.1, 0.15) is 0 Å². The average molecular weight is 191 g/mol. The standard InChI is InChI=1S/C6H6BN5O2/c13-7(14)5-1-4(2-8-3-5)6-9-11-12-10-6/h1-3,13-14H,(H,9,10,11,12). The van der Waals surface area contributed by atoms with Gasteiger partial charge in [0, 0.05) is 23.4 Å². The molecule has 0 radical (unpaired) electrons. The van der Waals surface area contributed by atoms with E-state index in [2.05, 4.69) is 25.6 Å². The molecule has 2 aromatic heterocycles. The third kappa shape index (κ3) is 1.61. The fourth-order valence-electron chi connectivity index (χ4n) is 1.01. The van der Waals surface area contributed by atoms with Gasteiger partial charge in [-0.05, 0) is 11.3 Å². The quantitative estimate of drug-likeness (QED) is 0.471. The molecule has 0 aliphatic heterocycles. The molecular formula is C6H6BN5O2. The van der Waals surface area contributed by atoms with Crippen LogP contribution < -0.4 is 5.46 Å². The molecule has 0 spiro atoms. The summed E-state index contributed by atoms with van der Waals surface area (Å²) in [7, 11) is -1.55. The summed E-state index contributed by atoms with van der Waals surface area (Å²) < 4.78 is 0. The summed E-state index contributed by atoms with van der Waals surface area (Å²) in [6.45, 7) is 0. The molecule has 0 bridgehead atoms. The second kappa shape index (κ2) is 3.52. The maximum atomic E-state index is 8.90. The van der Waals surface area contributed by atoms with Crippen LogP contribution in [0.1, 0.15) is 0 Å². The van der Waals surface area contributed by atoms with Crippen molar-refractivity contribution in [1.82, 2.24) is 25.6 Å². The summed E-state index contributed by atoms with van der Waals surface area (Å²) in [5.74, 6) is 0.361. The van der Waals surface area contributed by atoms with E-state index in [1.54, 1.807) is 0 Å². The van der Waals surface area contributed by atoms with E-state index in [0.717, 1.165) is 0 Å². The molecule has 0 saturated heterocycles. The number of aromatic amines is 1. The first-order valence-electron chi connectivity index (χ1n) is 3.82. The van der Waals surface area contributed by atoms with E-state index in [0.29, 0.717) is 11.4 Å². The molecule has 8 heteroatoms. The predicted octanol–water partition coefficient (Wildman–Crippen LogP) is -2.06. The van der Waals surface area contributed by atoms with Crippen molar-refractivity contribution in [3.8, 4) is 11.4 Å². The summed E-state index contributed by atoms with van der Waals surface area (Å²) in [6.07, 6.45) is 2.87. The molecule has 0 aliphatic carbocycles. The van der Waals surface area contributed by atoms with Crippen LogP contribution in [0.3, 0.4) is 0 Å². The summed E-state index contributed by atoms with van der Waals surface area (Å²) in [5.41, 5.74) is 0.858. The van der Waals surface area contributed by atoms with E-state index in [1.165, 1.54) is 18.5 Å². The minimum Gasteiger partial charge on any atom is -0.423 e. The zero-order valence-electron chi connectivity index (χ0n) is 6.99. The Bertz CT molecular complexity index is 418. The minimum absolute atomic E-state index is 0.285. The summed E-state index contributed by atoms with van der Waals surface area (Å²) in [4.78, 5) is 3.82. The lowest BCUT2D eigenvalue weighted by Crippen LogP contribution is -2.30. The Labute approximate surface area is 79.0 Å². The molecule has 0 amide bonds. The normalized spacial score (nSPS) is 10.1. The summed E-state index contributed by atoms with van der Waals surface area (Å²) in [5, 5.41) is 30.9. The monoisotopic (exact) mass is 191 g/mol. The zero-order valence-corrected chi connectivity index (χ0v) is 6.99. The van der Waals surface area contributed by atoms with Gasteiger partial charge in [-0.1, -0.05) is 0 Å². The molecular weight excluding hydrogens is 185 g/mol. The van der Waals surface area contributed by atoms with E-state index in [4.69, 9.17) is 10.0 Å². The number of rotatable bonds is 2. The number of nitrogens with one attached hydrogen (secondary N) is 1. The topological polar surface area (TPSA) is 108 Å². The van der Waals surface area contributed by atoms with Gasteiger partial charge >= 0.3 is 7.12 Å². The number of hydrogen-bond donors (Lipinski definition) is 3. The summed E-state index contributed by atoms with van der Waals surface area (Å²) in [6, 6.07) is 1.53. The van der Waals surface area contributed by atoms with Crippen LogP contribution >= 0.6 is 0 Å². The maximum Gasteiger partial charge on any atom is 0.490 e. The van der Waals surface area contributed by atoms with Gasteiger partial charge in [-0.25, -0.2) is 0 Å². The van der Waals surface area contributed by atoms with Crippen molar-refractivity contribution in [2.24, 2.45) is 0 Å². The Hall–Kier alpha value is -1.80. The van der Waals surface area contributed by atoms with Crippen LogP contribution in [0, 0.1) is 0 Å². The van der Waals surface area contributed by atoms with Gasteiger partial charge < -0.3 is 10.0 Å². The van der Waals surface area contributed by atoms with Gasteiger partial charge in [0.05, 0.1) is 0 Å². The first-order valence-corrected chi connectivity index (χ1v) is 3.82. The van der Waals surface area contributed by atoms with Gasteiger partial charge in [-0.15, -0.1) is 10.2 Å². The van der Waals surface area contributed by atoms with Crippen LogP contribution in [0.5, 0.6) is 0 Å². The highest BCUT2D eigenvalue weighted by Crippen LogP contribution is 2.08. The number of aromatic nitrogens is 5. The molecule has 7 nitrogen and oxygen atoms in total. The van der Waals surface area contributed by atoms with Crippen molar-refractivity contribution in [2.45, 2.75) is 0 Å². The second-order valence-corrected chi connectivity index (χ2v) is 2.62. The number of hydrogen-bond acceptors (Lipinski definition) is 6. The highest BCUT2D eigenvalue weighted by molar-refractivity contribution is 6.58. The van der Waals surface area contributed by atoms with Gasteiger partial charge in [0.25, 0.3) is 0 Å². The van der Waals surface area contributed by atoms with E-state index >= 15 is 0 Å². The molecule has 0 saturated carbocycles. The third-order valence-corrected chi connectivity index (χ3v) is 1.66. The maximum absolute atomic E-state index is 8.90. The molecule has 0 atom stereocenters. The van der Waals surface area contributed by atoms with Crippen LogP contribution in [-0.4, -0.2) is 42.8 Å². The van der Waals surface area contributed by atoms with Crippen molar-refractivity contribution in [2.75, 3.05) is 0 Å². The molecule has 2 aromatic rings. The van der Waals surface area contributed by atoms with Gasteiger partial charge in [-0.2, -0.15) is 5.21 Å². The van der Waals surface area contributed by atoms with Crippen molar-refractivity contribution >= 4 is 12.6 Å². The smallest absolute Gasteiger partial charge is 0.423 e. The van der Waals surface area contributed by atoms with Crippen molar-refractivity contribution in [1.29, 1.82) is 0 Å². The van der Waals surface area contributed by atoms with Crippen LogP contribution in [0.2, 0.25) is 0 Å². The first kappa shape index (κ1) is 8.79. The Morgan fingerprint density at radius 2 is 2.14 bits per heavy atom. The minimum atomic E-state index is -1.55.